The standard InChI is InChI=1S/C11H15N/c1-3-5-7-10-8-6-9-12-11(10)4-2/h4,6,8-9H,2-3,5,7H2,1H3. The second-order valence-corrected chi connectivity index (χ2v) is 2.86. The van der Waals surface area contributed by atoms with Crippen LogP contribution in [0.5, 0.6) is 0 Å². The van der Waals surface area contributed by atoms with Crippen LogP contribution in [-0.4, -0.2) is 4.98 Å². The lowest BCUT2D eigenvalue weighted by Crippen LogP contribution is -1.91. The Morgan fingerprint density at radius 1 is 1.58 bits per heavy atom. The van der Waals surface area contributed by atoms with Gasteiger partial charge in [0.15, 0.2) is 0 Å². The maximum absolute atomic E-state index is 4.23. The number of rotatable bonds is 4. The van der Waals surface area contributed by atoms with Crippen LogP contribution < -0.4 is 0 Å². The first-order chi connectivity index (χ1) is 5.88. The van der Waals surface area contributed by atoms with Crippen LogP contribution in [0, 0.1) is 0 Å². The van der Waals surface area contributed by atoms with Crippen LogP contribution in [0.15, 0.2) is 24.9 Å². The predicted molar refractivity (Wildman–Crippen MR) is 52.9 cm³/mol. The molecule has 0 radical (unpaired) electrons. The molecular weight excluding hydrogens is 146 g/mol. The monoisotopic (exact) mass is 161 g/mol. The molecule has 1 aromatic rings. The molecule has 12 heavy (non-hydrogen) atoms. The number of aromatic nitrogens is 1. The fourth-order valence-corrected chi connectivity index (χ4v) is 1.21. The van der Waals surface area contributed by atoms with Crippen molar-refractivity contribution in [3.05, 3.63) is 36.2 Å². The first-order valence-corrected chi connectivity index (χ1v) is 4.44. The Morgan fingerprint density at radius 2 is 2.42 bits per heavy atom. The summed E-state index contributed by atoms with van der Waals surface area (Å²) in [6.07, 6.45) is 7.21. The molecule has 64 valence electrons. The van der Waals surface area contributed by atoms with Gasteiger partial charge >= 0.3 is 0 Å². The van der Waals surface area contributed by atoms with Crippen LogP contribution in [0.25, 0.3) is 6.08 Å². The summed E-state index contributed by atoms with van der Waals surface area (Å²) >= 11 is 0. The van der Waals surface area contributed by atoms with Crippen molar-refractivity contribution in [3.63, 3.8) is 0 Å². The van der Waals surface area contributed by atoms with Gasteiger partial charge in [0.1, 0.15) is 0 Å². The Labute approximate surface area is 74.2 Å². The molecule has 0 aliphatic rings. The normalized spacial score (nSPS) is 9.75. The van der Waals surface area contributed by atoms with E-state index in [0.717, 1.165) is 12.1 Å². The van der Waals surface area contributed by atoms with E-state index in [9.17, 15) is 0 Å². The summed E-state index contributed by atoms with van der Waals surface area (Å²) in [5.74, 6) is 0. The summed E-state index contributed by atoms with van der Waals surface area (Å²) in [4.78, 5) is 4.23. The van der Waals surface area contributed by atoms with Crippen molar-refractivity contribution in [2.75, 3.05) is 0 Å². The van der Waals surface area contributed by atoms with E-state index in [0.29, 0.717) is 0 Å². The van der Waals surface area contributed by atoms with E-state index in [1.165, 1.54) is 18.4 Å². The maximum atomic E-state index is 4.23. The average Bonchev–Trinajstić information content (AvgIpc) is 2.15. The number of unbranched alkanes of at least 4 members (excludes halogenated alkanes) is 1. The zero-order chi connectivity index (χ0) is 8.81. The fourth-order valence-electron chi connectivity index (χ4n) is 1.21. The molecule has 1 aromatic heterocycles. The quantitative estimate of drug-likeness (QED) is 0.661. The maximum Gasteiger partial charge on any atom is 0.0655 e. The van der Waals surface area contributed by atoms with Crippen LogP contribution in [0.4, 0.5) is 0 Å². The van der Waals surface area contributed by atoms with Crippen molar-refractivity contribution < 1.29 is 0 Å². The molecule has 1 nitrogen and oxygen atoms in total. The second-order valence-electron chi connectivity index (χ2n) is 2.86. The third-order valence-corrected chi connectivity index (χ3v) is 1.92. The van der Waals surface area contributed by atoms with Crippen LogP contribution in [0.3, 0.4) is 0 Å². The zero-order valence-electron chi connectivity index (χ0n) is 7.59. The summed E-state index contributed by atoms with van der Waals surface area (Å²) in [6.45, 7) is 5.94. The van der Waals surface area contributed by atoms with Crippen molar-refractivity contribution >= 4 is 6.08 Å². The van der Waals surface area contributed by atoms with Crippen molar-refractivity contribution in [1.82, 2.24) is 4.98 Å². The van der Waals surface area contributed by atoms with Gasteiger partial charge in [-0.15, -0.1) is 0 Å². The molecule has 1 heteroatoms. The molecule has 0 unspecified atom stereocenters. The highest BCUT2D eigenvalue weighted by molar-refractivity contribution is 5.46. The van der Waals surface area contributed by atoms with E-state index in [-0.39, 0.29) is 0 Å². The lowest BCUT2D eigenvalue weighted by atomic mass is 10.1. The van der Waals surface area contributed by atoms with E-state index >= 15 is 0 Å². The number of nitrogens with zero attached hydrogens (tertiary/aromatic N) is 1. The van der Waals surface area contributed by atoms with Gasteiger partial charge in [-0.25, -0.2) is 0 Å². The van der Waals surface area contributed by atoms with Crippen LogP contribution in [0.2, 0.25) is 0 Å². The van der Waals surface area contributed by atoms with Gasteiger partial charge in [-0.2, -0.15) is 0 Å². The summed E-state index contributed by atoms with van der Waals surface area (Å²) in [7, 11) is 0. The van der Waals surface area contributed by atoms with Gasteiger partial charge in [0.05, 0.1) is 5.69 Å². The van der Waals surface area contributed by atoms with Gasteiger partial charge < -0.3 is 0 Å². The lowest BCUT2D eigenvalue weighted by Gasteiger charge is -2.02. The van der Waals surface area contributed by atoms with Gasteiger partial charge in [0.25, 0.3) is 0 Å². The topological polar surface area (TPSA) is 12.9 Å². The summed E-state index contributed by atoms with van der Waals surface area (Å²) in [5.41, 5.74) is 2.35. The molecule has 0 spiro atoms. The van der Waals surface area contributed by atoms with Crippen molar-refractivity contribution in [2.24, 2.45) is 0 Å². The highest BCUT2D eigenvalue weighted by Crippen LogP contribution is 2.09. The number of hydrogen-bond acceptors (Lipinski definition) is 1. The van der Waals surface area contributed by atoms with E-state index in [2.05, 4.69) is 24.6 Å². The fraction of sp³-hybridized carbons (Fsp3) is 0.364. The molecular formula is C11H15N. The van der Waals surface area contributed by atoms with E-state index < -0.39 is 0 Å². The summed E-state index contributed by atoms with van der Waals surface area (Å²) < 4.78 is 0. The van der Waals surface area contributed by atoms with Gasteiger partial charge in [-0.05, 0) is 30.5 Å². The predicted octanol–water partition coefficient (Wildman–Crippen LogP) is 3.07. The minimum atomic E-state index is 1.03. The molecule has 0 amide bonds. The Balaban J connectivity index is 2.75. The Hall–Kier alpha value is -1.11. The molecule has 1 rings (SSSR count). The molecule has 0 atom stereocenters. The number of hydrogen-bond donors (Lipinski definition) is 0. The van der Waals surface area contributed by atoms with Crippen molar-refractivity contribution in [2.45, 2.75) is 26.2 Å². The molecule has 0 saturated carbocycles. The molecule has 0 fully saturated rings. The first-order valence-electron chi connectivity index (χ1n) is 4.44. The molecule has 1 heterocycles. The van der Waals surface area contributed by atoms with Crippen molar-refractivity contribution in [1.29, 1.82) is 0 Å². The number of pyridine rings is 1. The number of aryl methyl sites for hydroxylation is 1. The second kappa shape index (κ2) is 4.70. The molecule has 0 aliphatic carbocycles. The SMILES string of the molecule is C=Cc1ncccc1CCCC. The minimum absolute atomic E-state index is 1.03. The highest BCUT2D eigenvalue weighted by Gasteiger charge is 1.97. The molecule has 0 aromatic carbocycles. The Kier molecular flexibility index (Phi) is 3.52. The highest BCUT2D eigenvalue weighted by atomic mass is 14.7. The van der Waals surface area contributed by atoms with Crippen LogP contribution in [-0.2, 0) is 6.42 Å². The van der Waals surface area contributed by atoms with E-state index in [1.807, 2.05) is 18.3 Å². The third-order valence-electron chi connectivity index (χ3n) is 1.92. The van der Waals surface area contributed by atoms with E-state index in [1.54, 1.807) is 0 Å². The van der Waals surface area contributed by atoms with Crippen molar-refractivity contribution in [3.8, 4) is 0 Å². The van der Waals surface area contributed by atoms with Crippen LogP contribution in [0.1, 0.15) is 31.0 Å². The summed E-state index contributed by atoms with van der Waals surface area (Å²) in [6, 6.07) is 4.11. The molecule has 0 N–H and O–H groups in total. The average molecular weight is 161 g/mol. The molecule has 0 saturated heterocycles. The minimum Gasteiger partial charge on any atom is -0.257 e. The molecule has 0 aliphatic heterocycles. The van der Waals surface area contributed by atoms with Crippen LogP contribution >= 0.6 is 0 Å². The summed E-state index contributed by atoms with van der Waals surface area (Å²) in [5, 5.41) is 0. The Bertz CT molecular complexity index is 253. The van der Waals surface area contributed by atoms with Gasteiger partial charge in [0, 0.05) is 6.20 Å². The van der Waals surface area contributed by atoms with Gasteiger partial charge in [-0.3, -0.25) is 4.98 Å². The zero-order valence-corrected chi connectivity index (χ0v) is 7.59. The largest absolute Gasteiger partial charge is 0.257 e. The first kappa shape index (κ1) is 8.98. The smallest absolute Gasteiger partial charge is 0.0655 e. The van der Waals surface area contributed by atoms with E-state index in [4.69, 9.17) is 0 Å². The Morgan fingerprint density at radius 3 is 3.08 bits per heavy atom. The third kappa shape index (κ3) is 2.19. The molecule has 0 bridgehead atoms. The lowest BCUT2D eigenvalue weighted by molar-refractivity contribution is 0.790. The van der Waals surface area contributed by atoms with Gasteiger partial charge in [-0.1, -0.05) is 26.0 Å². The van der Waals surface area contributed by atoms with Gasteiger partial charge in [0.2, 0.25) is 0 Å².